The van der Waals surface area contributed by atoms with Gasteiger partial charge >= 0.3 is 0 Å². The third-order valence-electron chi connectivity index (χ3n) is 4.73. The lowest BCUT2D eigenvalue weighted by Gasteiger charge is -2.03. The van der Waals surface area contributed by atoms with Gasteiger partial charge < -0.3 is 10.1 Å². The zero-order valence-corrected chi connectivity index (χ0v) is 17.6. The summed E-state index contributed by atoms with van der Waals surface area (Å²) in [6.45, 7) is 1.12. The van der Waals surface area contributed by atoms with Crippen molar-refractivity contribution in [2.45, 2.75) is 31.9 Å². The molecule has 2 amide bonds. The van der Waals surface area contributed by atoms with Crippen molar-refractivity contribution in [3.05, 3.63) is 68.8 Å². The topological polar surface area (TPSA) is 67.4 Å². The second kappa shape index (κ2) is 11.4. The fourth-order valence-corrected chi connectivity index (χ4v) is 3.11. The van der Waals surface area contributed by atoms with E-state index < -0.39 is 69.5 Å². The van der Waals surface area contributed by atoms with Crippen LogP contribution in [-0.4, -0.2) is 32.3 Å². The van der Waals surface area contributed by atoms with E-state index in [-0.39, 0.29) is 36.6 Å². The number of amides is 2. The molecule has 3 aliphatic heterocycles. The lowest BCUT2D eigenvalue weighted by Crippen LogP contribution is -2.20. The fourth-order valence-electron chi connectivity index (χ4n) is 3.11. The van der Waals surface area contributed by atoms with E-state index in [1.54, 1.807) is 0 Å². The van der Waals surface area contributed by atoms with Gasteiger partial charge in [-0.1, -0.05) is 12.4 Å². The smallest absolute Gasteiger partial charge is 0.262 e. The van der Waals surface area contributed by atoms with E-state index in [0.717, 1.165) is 12.6 Å². The summed E-state index contributed by atoms with van der Waals surface area (Å²) in [5.74, 6) is -16.6. The monoisotopic (exact) mass is 531 g/mol. The summed E-state index contributed by atoms with van der Waals surface area (Å²) >= 11 is 0. The van der Waals surface area contributed by atoms with Crippen LogP contribution in [0.4, 0.5) is 35.1 Å². The lowest BCUT2D eigenvalue weighted by molar-refractivity contribution is 0.0877. The molecule has 2 aromatic carbocycles. The van der Waals surface area contributed by atoms with Crippen molar-refractivity contribution in [3.63, 3.8) is 0 Å². The number of hydrogen-bond acceptors (Lipinski definition) is 4. The van der Waals surface area contributed by atoms with E-state index in [1.165, 1.54) is 18.2 Å². The van der Waals surface area contributed by atoms with Crippen LogP contribution in [0.3, 0.4) is 0 Å². The average molecular weight is 532 g/mol. The minimum atomic E-state index is -2.11. The Morgan fingerprint density at radius 3 is 1.40 bits per heavy atom. The molecule has 1 saturated heterocycles. The van der Waals surface area contributed by atoms with Crippen molar-refractivity contribution >= 4 is 32.1 Å². The molecule has 1 unspecified atom stereocenters. The highest BCUT2D eigenvalue weighted by Gasteiger charge is 2.38. The average Bonchev–Trinajstić information content (AvgIpc) is 3.54. The summed E-state index contributed by atoms with van der Waals surface area (Å²) in [6, 6.07) is 0.796. The second-order valence-electron chi connectivity index (χ2n) is 6.79. The van der Waals surface area contributed by atoms with E-state index >= 15 is 0 Å². The molecule has 5 nitrogen and oxygen atoms in total. The number of nitrogens with one attached hydrogen (secondary N) is 2. The first kappa shape index (κ1) is 28.5. The molecule has 5 rings (SSSR count). The Morgan fingerprint density at radius 2 is 1.09 bits per heavy atom. The Morgan fingerprint density at radius 1 is 0.686 bits per heavy atom. The molecule has 15 heteroatoms. The zero-order chi connectivity index (χ0) is 25.3. The van der Waals surface area contributed by atoms with Crippen molar-refractivity contribution in [1.29, 1.82) is 0 Å². The van der Waals surface area contributed by atoms with Crippen LogP contribution in [-0.2, 0) is 17.8 Å². The molecular formula is C20H17BClF8N2O3-. The van der Waals surface area contributed by atoms with Gasteiger partial charge in [0, 0.05) is 30.8 Å². The first-order chi connectivity index (χ1) is 16.0. The van der Waals surface area contributed by atoms with Crippen molar-refractivity contribution in [2.24, 2.45) is 0 Å². The normalized spacial score (nSPS) is 17.5. The van der Waals surface area contributed by atoms with Crippen molar-refractivity contribution in [3.8, 4) is 0 Å². The molecule has 0 radical (unpaired) electrons. The number of benzene rings is 2. The van der Waals surface area contributed by atoms with Crippen LogP contribution in [0.15, 0.2) is 0 Å². The van der Waals surface area contributed by atoms with Crippen LogP contribution in [0, 0.1) is 46.5 Å². The van der Waals surface area contributed by atoms with Crippen LogP contribution < -0.4 is 10.6 Å². The molecule has 2 aromatic rings. The second-order valence-corrected chi connectivity index (χ2v) is 6.79. The number of carbonyl (C=O) groups is 2. The van der Waals surface area contributed by atoms with Gasteiger partial charge in [-0.3, -0.25) is 14.9 Å². The first-order valence-electron chi connectivity index (χ1n) is 9.27. The number of carbonyl (C=O) groups excluding carboxylic acids is 2. The highest BCUT2D eigenvalue weighted by atomic mass is 35.5. The number of ether oxygens (including phenoxy) is 1. The summed E-state index contributed by atoms with van der Waals surface area (Å²) in [5.41, 5.74) is -2.43. The standard InChI is InChI=1S/C8HF4NO2.C8H5F4N.C4H10BO.ClH/c9-3-1-2(8(15)13-7(1)14)4(10)6(12)5(3)11;9-5-3-1-13-2-4(3)6(10)8(12)7(5)11;5-4-2-1-3-6-4;/h(H,13,14,15);13H,1-2H2;4H,1-3H2,5H3;1H/q;;-1;. The zero-order valence-electron chi connectivity index (χ0n) is 16.8. The number of halogens is 9. The molecule has 1 atom stereocenters. The number of rotatable bonds is 0. The molecule has 3 aliphatic rings. The van der Waals surface area contributed by atoms with E-state index in [2.05, 4.69) is 5.32 Å². The molecular weight excluding hydrogens is 514 g/mol. The largest absolute Gasteiger partial charge is 0.417 e. The van der Waals surface area contributed by atoms with Crippen LogP contribution in [0.5, 0.6) is 0 Å². The van der Waals surface area contributed by atoms with Gasteiger partial charge in [-0.15, -0.1) is 12.4 Å². The molecule has 0 aromatic heterocycles. The molecule has 192 valence electrons. The van der Waals surface area contributed by atoms with Gasteiger partial charge in [0.25, 0.3) is 11.8 Å². The van der Waals surface area contributed by atoms with E-state index in [4.69, 9.17) is 4.74 Å². The van der Waals surface area contributed by atoms with Gasteiger partial charge in [-0.25, -0.2) is 35.1 Å². The van der Waals surface area contributed by atoms with Crippen LogP contribution >= 0.6 is 12.4 Å². The minimum absolute atomic E-state index is 0. The fraction of sp³-hybridized carbons (Fsp3) is 0.300. The summed E-state index contributed by atoms with van der Waals surface area (Å²) in [4.78, 5) is 21.8. The third kappa shape index (κ3) is 5.44. The highest BCUT2D eigenvalue weighted by Crippen LogP contribution is 2.28. The van der Waals surface area contributed by atoms with E-state index in [9.17, 15) is 44.7 Å². The van der Waals surface area contributed by atoms with Crippen molar-refractivity contribution < 1.29 is 49.4 Å². The summed E-state index contributed by atoms with van der Waals surface area (Å²) < 4.78 is 108. The number of fused-ring (bicyclic) bond motifs is 2. The van der Waals surface area contributed by atoms with E-state index in [0.29, 0.717) is 7.85 Å². The first-order valence-corrected chi connectivity index (χ1v) is 9.27. The number of hydrogen-bond donors (Lipinski definition) is 2. The summed E-state index contributed by atoms with van der Waals surface area (Å²) in [5, 5.41) is 4.14. The molecule has 0 bridgehead atoms. The van der Waals surface area contributed by atoms with Gasteiger partial charge in [0.05, 0.1) is 11.1 Å². The number of imide groups is 1. The Kier molecular flexibility index (Phi) is 9.26. The van der Waals surface area contributed by atoms with Gasteiger partial charge in [0.1, 0.15) is 0 Å². The predicted octanol–water partition coefficient (Wildman–Crippen LogP) is 2.88. The summed E-state index contributed by atoms with van der Waals surface area (Å²) in [7, 11) is 0.521. The third-order valence-corrected chi connectivity index (χ3v) is 4.73. The maximum absolute atomic E-state index is 13.0. The lowest BCUT2D eigenvalue weighted by atomic mass is 9.98. The van der Waals surface area contributed by atoms with Gasteiger partial charge in [0.2, 0.25) is 0 Å². The maximum atomic E-state index is 13.0. The van der Waals surface area contributed by atoms with E-state index in [1.807, 2.05) is 0 Å². The van der Waals surface area contributed by atoms with Gasteiger partial charge in [0.15, 0.2) is 46.5 Å². The predicted molar refractivity (Wildman–Crippen MR) is 111 cm³/mol. The van der Waals surface area contributed by atoms with Crippen LogP contribution in [0.2, 0.25) is 0 Å². The van der Waals surface area contributed by atoms with Gasteiger partial charge in [-0.2, -0.15) is 0 Å². The van der Waals surface area contributed by atoms with Crippen molar-refractivity contribution in [2.75, 3.05) is 6.61 Å². The molecule has 1 fully saturated rings. The summed E-state index contributed by atoms with van der Waals surface area (Å²) in [6.07, 6.45) is 2.70. The van der Waals surface area contributed by atoms with Gasteiger partial charge in [-0.05, 0) is 14.3 Å². The SMILES string of the molecule is Cl.Fc1c(F)c(F)c2c(c1F)CNC2.O=C1NC(=O)c2c(F)c(F)c(F)c(F)c21.[BH3-]C1CCCO1. The highest BCUT2D eigenvalue weighted by molar-refractivity contribution is 6.21. The van der Waals surface area contributed by atoms with Crippen molar-refractivity contribution in [1.82, 2.24) is 10.6 Å². The molecule has 3 heterocycles. The van der Waals surface area contributed by atoms with Crippen LogP contribution in [0.25, 0.3) is 0 Å². The molecule has 35 heavy (non-hydrogen) atoms. The molecule has 0 aliphatic carbocycles. The molecule has 0 spiro atoms. The Bertz CT molecular complexity index is 1100. The molecule has 2 N–H and O–H groups in total. The minimum Gasteiger partial charge on any atom is -0.417 e. The molecule has 0 saturated carbocycles. The quantitative estimate of drug-likeness (QED) is 0.180. The Hall–Kier alpha value is -2.71. The maximum Gasteiger partial charge on any atom is 0.262 e. The van der Waals surface area contributed by atoms with Crippen LogP contribution in [0.1, 0.15) is 44.7 Å². The Balaban J connectivity index is 0.000000197. The Labute approximate surface area is 200 Å².